The van der Waals surface area contributed by atoms with Gasteiger partial charge < -0.3 is 9.80 Å². The Morgan fingerprint density at radius 3 is 1.13 bits per heavy atom. The highest BCUT2D eigenvalue weighted by molar-refractivity contribution is 4.93. The molecule has 47 heavy (non-hydrogen) atoms. The number of hydrogen-bond donors (Lipinski definition) is 0. The van der Waals surface area contributed by atoms with Crippen LogP contribution in [-0.2, 0) is 0 Å². The van der Waals surface area contributed by atoms with Crippen molar-refractivity contribution in [2.24, 2.45) is 0 Å². The Morgan fingerprint density at radius 1 is 0.383 bits per heavy atom. The highest BCUT2D eigenvalue weighted by Gasteiger charge is 2.10. The van der Waals surface area contributed by atoms with Crippen molar-refractivity contribution < 1.29 is 0 Å². The van der Waals surface area contributed by atoms with E-state index in [1.807, 2.05) is 0 Å². The molecular formula is C45H84N2. The minimum Gasteiger partial charge on any atom is -0.303 e. The van der Waals surface area contributed by atoms with Crippen LogP contribution in [0.25, 0.3) is 0 Å². The second kappa shape index (κ2) is 37.7. The molecule has 0 unspecified atom stereocenters. The van der Waals surface area contributed by atoms with Crippen LogP contribution in [0.4, 0.5) is 0 Å². The van der Waals surface area contributed by atoms with Gasteiger partial charge in [0.25, 0.3) is 0 Å². The van der Waals surface area contributed by atoms with E-state index < -0.39 is 0 Å². The van der Waals surface area contributed by atoms with Crippen molar-refractivity contribution in [3.05, 3.63) is 48.6 Å². The first-order chi connectivity index (χ1) is 23.4. The van der Waals surface area contributed by atoms with Crippen molar-refractivity contribution in [3.8, 4) is 0 Å². The van der Waals surface area contributed by atoms with Crippen LogP contribution in [0.2, 0.25) is 0 Å². The van der Waals surface area contributed by atoms with Crippen molar-refractivity contribution in [2.75, 3.05) is 39.3 Å². The smallest absolute Gasteiger partial charge is 0.00183 e. The first-order valence-electron chi connectivity index (χ1n) is 21.4. The van der Waals surface area contributed by atoms with Gasteiger partial charge in [0.05, 0.1) is 0 Å². The summed E-state index contributed by atoms with van der Waals surface area (Å²) >= 11 is 0. The number of nitrogens with zero attached hydrogens (tertiary/aromatic N) is 2. The van der Waals surface area contributed by atoms with Gasteiger partial charge in [-0.25, -0.2) is 0 Å². The standard InChI is InChI=1S/C45H84N2/c1-3-5-7-9-11-13-15-17-19-21-23-25-27-29-31-34-40-46(42-36-33-37-43-47-44-38-39-45-47)41-35-32-30-28-26-24-22-20-18-16-14-12-10-8-6-4-2/h11-14,17-20H,3-10,15-16,21-45H2,1-2H3/b13-11-,14-12-,19-17-,20-18-. The molecule has 1 aliphatic heterocycles. The monoisotopic (exact) mass is 653 g/mol. The molecule has 0 N–H and O–H groups in total. The van der Waals surface area contributed by atoms with Crippen LogP contribution in [0.1, 0.15) is 200 Å². The van der Waals surface area contributed by atoms with Gasteiger partial charge in [0, 0.05) is 0 Å². The molecule has 0 aliphatic carbocycles. The van der Waals surface area contributed by atoms with E-state index in [4.69, 9.17) is 0 Å². The minimum absolute atomic E-state index is 1.12. The predicted molar refractivity (Wildman–Crippen MR) is 215 cm³/mol. The molecule has 1 fully saturated rings. The predicted octanol–water partition coefficient (Wildman–Crippen LogP) is 14.2. The number of hydrogen-bond acceptors (Lipinski definition) is 2. The normalized spacial score (nSPS) is 14.5. The lowest BCUT2D eigenvalue weighted by atomic mass is 10.1. The van der Waals surface area contributed by atoms with Gasteiger partial charge >= 0.3 is 0 Å². The summed E-state index contributed by atoms with van der Waals surface area (Å²) in [6, 6.07) is 0. The molecule has 0 amide bonds. The molecule has 0 bridgehead atoms. The van der Waals surface area contributed by atoms with Gasteiger partial charge in [-0.2, -0.15) is 0 Å². The molecule has 0 radical (unpaired) electrons. The average Bonchev–Trinajstić information content (AvgIpc) is 3.61. The third kappa shape index (κ3) is 33.2. The highest BCUT2D eigenvalue weighted by atomic mass is 15.1. The van der Waals surface area contributed by atoms with Gasteiger partial charge in [-0.1, -0.05) is 146 Å². The topological polar surface area (TPSA) is 6.48 Å². The van der Waals surface area contributed by atoms with Crippen molar-refractivity contribution in [2.45, 2.75) is 200 Å². The molecule has 0 aromatic heterocycles. The molecule has 1 rings (SSSR count). The molecule has 0 aromatic carbocycles. The van der Waals surface area contributed by atoms with Crippen LogP contribution in [-0.4, -0.2) is 49.1 Å². The largest absolute Gasteiger partial charge is 0.303 e. The van der Waals surface area contributed by atoms with E-state index in [1.165, 1.54) is 213 Å². The van der Waals surface area contributed by atoms with E-state index in [-0.39, 0.29) is 0 Å². The molecule has 1 saturated heterocycles. The van der Waals surface area contributed by atoms with E-state index in [2.05, 4.69) is 72.3 Å². The van der Waals surface area contributed by atoms with E-state index in [9.17, 15) is 0 Å². The number of unbranched alkanes of at least 4 members (excludes halogenated alkanes) is 20. The molecule has 1 aliphatic rings. The summed E-state index contributed by atoms with van der Waals surface area (Å²) in [5.74, 6) is 0. The third-order valence-electron chi connectivity index (χ3n) is 10.00. The lowest BCUT2D eigenvalue weighted by Gasteiger charge is -2.23. The minimum atomic E-state index is 1.12. The van der Waals surface area contributed by atoms with Crippen LogP contribution in [0.5, 0.6) is 0 Å². The first kappa shape index (κ1) is 43.9. The van der Waals surface area contributed by atoms with Crippen LogP contribution < -0.4 is 0 Å². The number of rotatable bonds is 36. The Bertz CT molecular complexity index is 665. The molecule has 2 heteroatoms. The van der Waals surface area contributed by atoms with E-state index in [1.54, 1.807) is 0 Å². The number of allylic oxidation sites excluding steroid dienone is 8. The summed E-state index contributed by atoms with van der Waals surface area (Å²) in [5.41, 5.74) is 0. The fraction of sp³-hybridized carbons (Fsp3) is 0.822. The SMILES string of the molecule is CCCCC/C=C\C/C=C\CCCCCCCCN(CCCCCCCC/C=C\C/C=C\CCCCC)CCCCCN1CCCC1. The summed E-state index contributed by atoms with van der Waals surface area (Å²) in [4.78, 5) is 5.52. The lowest BCUT2D eigenvalue weighted by molar-refractivity contribution is 0.250. The van der Waals surface area contributed by atoms with Gasteiger partial charge in [0.15, 0.2) is 0 Å². The Hall–Kier alpha value is -1.12. The van der Waals surface area contributed by atoms with E-state index >= 15 is 0 Å². The zero-order chi connectivity index (χ0) is 33.6. The zero-order valence-electron chi connectivity index (χ0n) is 32.3. The molecule has 274 valence electrons. The molecule has 0 atom stereocenters. The van der Waals surface area contributed by atoms with Crippen molar-refractivity contribution in [1.82, 2.24) is 9.80 Å². The maximum Gasteiger partial charge on any atom is -0.00183 e. The Morgan fingerprint density at radius 2 is 0.723 bits per heavy atom. The average molecular weight is 653 g/mol. The van der Waals surface area contributed by atoms with Gasteiger partial charge in [-0.05, 0) is 142 Å². The fourth-order valence-corrected chi connectivity index (χ4v) is 6.84. The van der Waals surface area contributed by atoms with Gasteiger partial charge in [-0.15, -0.1) is 0 Å². The van der Waals surface area contributed by atoms with Crippen molar-refractivity contribution in [3.63, 3.8) is 0 Å². The maximum absolute atomic E-state index is 2.84. The van der Waals surface area contributed by atoms with Crippen LogP contribution in [0, 0.1) is 0 Å². The van der Waals surface area contributed by atoms with Gasteiger partial charge in [0.2, 0.25) is 0 Å². The lowest BCUT2D eigenvalue weighted by Crippen LogP contribution is -2.27. The van der Waals surface area contributed by atoms with Crippen molar-refractivity contribution >= 4 is 0 Å². The summed E-state index contributed by atoms with van der Waals surface area (Å²) < 4.78 is 0. The molecular weight excluding hydrogens is 569 g/mol. The maximum atomic E-state index is 2.84. The fourth-order valence-electron chi connectivity index (χ4n) is 6.84. The molecule has 2 nitrogen and oxygen atoms in total. The van der Waals surface area contributed by atoms with Crippen LogP contribution in [0.3, 0.4) is 0 Å². The summed E-state index contributed by atoms with van der Waals surface area (Å²) in [7, 11) is 0. The Kier molecular flexibility index (Phi) is 35.2. The second-order valence-corrected chi connectivity index (χ2v) is 14.6. The number of likely N-dealkylation sites (tertiary alicyclic amines) is 1. The highest BCUT2D eigenvalue weighted by Crippen LogP contribution is 2.13. The molecule has 0 aromatic rings. The Balaban J connectivity index is 2.08. The molecule has 1 heterocycles. The second-order valence-electron chi connectivity index (χ2n) is 14.6. The van der Waals surface area contributed by atoms with E-state index in [0.717, 1.165) is 12.8 Å². The Labute approximate surface area is 297 Å². The van der Waals surface area contributed by atoms with Gasteiger partial charge in [-0.3, -0.25) is 0 Å². The van der Waals surface area contributed by atoms with Crippen molar-refractivity contribution in [1.29, 1.82) is 0 Å². The summed E-state index contributed by atoms with van der Waals surface area (Å²) in [6.45, 7) is 12.6. The first-order valence-corrected chi connectivity index (χ1v) is 21.4. The van der Waals surface area contributed by atoms with Gasteiger partial charge in [0.1, 0.15) is 0 Å². The molecule has 0 spiro atoms. The van der Waals surface area contributed by atoms with Crippen LogP contribution in [0.15, 0.2) is 48.6 Å². The summed E-state index contributed by atoms with van der Waals surface area (Å²) in [6.07, 6.45) is 58.4. The quantitative estimate of drug-likeness (QED) is 0.0491. The zero-order valence-corrected chi connectivity index (χ0v) is 32.3. The van der Waals surface area contributed by atoms with E-state index in [0.29, 0.717) is 0 Å². The molecule has 0 saturated carbocycles. The third-order valence-corrected chi connectivity index (χ3v) is 10.00. The summed E-state index contributed by atoms with van der Waals surface area (Å²) in [5, 5.41) is 0. The van der Waals surface area contributed by atoms with Crippen LogP contribution >= 0.6 is 0 Å².